The van der Waals surface area contributed by atoms with E-state index in [1.54, 1.807) is 12.4 Å². The van der Waals surface area contributed by atoms with Crippen LogP contribution < -0.4 is 16.0 Å². The summed E-state index contributed by atoms with van der Waals surface area (Å²) in [6.45, 7) is 1.71. The largest absolute Gasteiger partial charge is 0.422 e. The highest BCUT2D eigenvalue weighted by Gasteiger charge is 2.22. The molecular weight excluding hydrogens is 344 g/mol. The maximum atomic E-state index is 12.3. The summed E-state index contributed by atoms with van der Waals surface area (Å²) in [5.41, 5.74) is 0.616. The first-order chi connectivity index (χ1) is 13.3. The van der Waals surface area contributed by atoms with E-state index in [1.165, 1.54) is 0 Å². The quantitative estimate of drug-likeness (QED) is 0.639. The average molecular weight is 364 g/mol. The van der Waals surface area contributed by atoms with Crippen LogP contribution in [0.2, 0.25) is 0 Å². The summed E-state index contributed by atoms with van der Waals surface area (Å²) in [6.07, 6.45) is 4.91. The van der Waals surface area contributed by atoms with Crippen LogP contribution in [0.15, 0.2) is 53.2 Å². The number of pyridine rings is 2. The van der Waals surface area contributed by atoms with Crippen LogP contribution in [0.4, 0.5) is 17.7 Å². The molecule has 1 amide bonds. The minimum Gasteiger partial charge on any atom is -0.422 e. The SMILES string of the molecule is O=C(Nc1ncc(-c2cccc(Nc3ccccn3)n2)o1)C1CCNCC1. The summed E-state index contributed by atoms with van der Waals surface area (Å²) in [6, 6.07) is 11.3. The van der Waals surface area contributed by atoms with Gasteiger partial charge in [0.25, 0.3) is 0 Å². The van der Waals surface area contributed by atoms with E-state index in [0.29, 0.717) is 23.1 Å². The molecule has 0 aliphatic carbocycles. The number of aromatic nitrogens is 3. The third-order valence-electron chi connectivity index (χ3n) is 4.37. The van der Waals surface area contributed by atoms with Gasteiger partial charge in [0.1, 0.15) is 17.3 Å². The lowest BCUT2D eigenvalue weighted by molar-refractivity contribution is -0.120. The molecule has 3 aromatic rings. The van der Waals surface area contributed by atoms with Crippen molar-refractivity contribution in [3.63, 3.8) is 0 Å². The Balaban J connectivity index is 1.45. The topological polar surface area (TPSA) is 105 Å². The summed E-state index contributed by atoms with van der Waals surface area (Å²) in [4.78, 5) is 25.2. The van der Waals surface area contributed by atoms with Gasteiger partial charge in [-0.1, -0.05) is 12.1 Å². The lowest BCUT2D eigenvalue weighted by Crippen LogP contribution is -2.34. The van der Waals surface area contributed by atoms with Crippen LogP contribution >= 0.6 is 0 Å². The zero-order valence-corrected chi connectivity index (χ0v) is 14.7. The normalized spacial score (nSPS) is 14.7. The molecule has 1 fully saturated rings. The van der Waals surface area contributed by atoms with Crippen molar-refractivity contribution in [3.05, 3.63) is 48.8 Å². The number of amides is 1. The molecule has 1 aliphatic rings. The highest BCUT2D eigenvalue weighted by molar-refractivity contribution is 5.90. The molecule has 4 rings (SSSR count). The van der Waals surface area contributed by atoms with Crippen LogP contribution in [0.5, 0.6) is 0 Å². The first-order valence-corrected chi connectivity index (χ1v) is 8.91. The molecule has 4 heterocycles. The van der Waals surface area contributed by atoms with Gasteiger partial charge in [0.2, 0.25) is 5.91 Å². The van der Waals surface area contributed by atoms with Gasteiger partial charge >= 0.3 is 6.01 Å². The van der Waals surface area contributed by atoms with Gasteiger partial charge in [-0.25, -0.2) is 15.0 Å². The Kier molecular flexibility index (Phi) is 5.06. The molecule has 1 aliphatic heterocycles. The molecule has 0 radical (unpaired) electrons. The second-order valence-electron chi connectivity index (χ2n) is 6.29. The molecule has 1 saturated heterocycles. The molecule has 27 heavy (non-hydrogen) atoms. The second-order valence-corrected chi connectivity index (χ2v) is 6.29. The maximum absolute atomic E-state index is 12.3. The molecule has 0 bridgehead atoms. The van der Waals surface area contributed by atoms with E-state index in [9.17, 15) is 4.79 Å². The van der Waals surface area contributed by atoms with Crippen LogP contribution in [0, 0.1) is 5.92 Å². The number of hydrogen-bond acceptors (Lipinski definition) is 7. The fraction of sp³-hybridized carbons (Fsp3) is 0.263. The lowest BCUT2D eigenvalue weighted by atomic mass is 9.97. The van der Waals surface area contributed by atoms with Gasteiger partial charge in [-0.05, 0) is 50.2 Å². The van der Waals surface area contributed by atoms with Gasteiger partial charge in [0.05, 0.1) is 6.20 Å². The van der Waals surface area contributed by atoms with E-state index in [1.807, 2.05) is 36.4 Å². The Hall–Kier alpha value is -3.26. The van der Waals surface area contributed by atoms with Gasteiger partial charge in [-0.2, -0.15) is 0 Å². The number of hydrogen-bond donors (Lipinski definition) is 3. The van der Waals surface area contributed by atoms with E-state index in [-0.39, 0.29) is 17.8 Å². The Labute approximate surface area is 156 Å². The number of oxazole rings is 1. The van der Waals surface area contributed by atoms with E-state index in [2.05, 4.69) is 30.9 Å². The number of nitrogens with one attached hydrogen (secondary N) is 3. The van der Waals surface area contributed by atoms with Crippen molar-refractivity contribution in [1.82, 2.24) is 20.3 Å². The molecule has 3 N–H and O–H groups in total. The Morgan fingerprint density at radius 1 is 1.07 bits per heavy atom. The molecule has 138 valence electrons. The van der Waals surface area contributed by atoms with Crippen molar-refractivity contribution in [3.8, 4) is 11.5 Å². The Morgan fingerprint density at radius 2 is 1.93 bits per heavy atom. The van der Waals surface area contributed by atoms with Crippen LogP contribution in [-0.2, 0) is 4.79 Å². The van der Waals surface area contributed by atoms with Crippen molar-refractivity contribution in [2.24, 2.45) is 5.92 Å². The van der Waals surface area contributed by atoms with Crippen molar-refractivity contribution < 1.29 is 9.21 Å². The predicted molar refractivity (Wildman–Crippen MR) is 101 cm³/mol. The molecule has 0 unspecified atom stereocenters. The average Bonchev–Trinajstić information content (AvgIpc) is 3.18. The number of piperidine rings is 1. The van der Waals surface area contributed by atoms with Crippen molar-refractivity contribution in [2.45, 2.75) is 12.8 Å². The second kappa shape index (κ2) is 7.96. The van der Waals surface area contributed by atoms with Gasteiger partial charge in [-0.3, -0.25) is 10.1 Å². The monoisotopic (exact) mass is 364 g/mol. The van der Waals surface area contributed by atoms with E-state index >= 15 is 0 Å². The predicted octanol–water partition coefficient (Wildman–Crippen LogP) is 2.81. The van der Waals surface area contributed by atoms with Gasteiger partial charge in [0.15, 0.2) is 5.76 Å². The first kappa shape index (κ1) is 17.2. The third-order valence-corrected chi connectivity index (χ3v) is 4.37. The van der Waals surface area contributed by atoms with E-state index < -0.39 is 0 Å². The van der Waals surface area contributed by atoms with Gasteiger partial charge < -0.3 is 15.1 Å². The summed E-state index contributed by atoms with van der Waals surface area (Å²) in [7, 11) is 0. The van der Waals surface area contributed by atoms with Gasteiger partial charge in [-0.15, -0.1) is 0 Å². The van der Waals surface area contributed by atoms with Crippen LogP contribution in [0.25, 0.3) is 11.5 Å². The summed E-state index contributed by atoms with van der Waals surface area (Å²) in [5.74, 6) is 1.77. The third kappa shape index (κ3) is 4.29. The highest BCUT2D eigenvalue weighted by atomic mass is 16.4. The molecule has 0 aromatic carbocycles. The van der Waals surface area contributed by atoms with E-state index in [4.69, 9.17) is 4.42 Å². The minimum atomic E-state index is -0.0524. The van der Waals surface area contributed by atoms with Crippen molar-refractivity contribution in [1.29, 1.82) is 0 Å². The summed E-state index contributed by atoms with van der Waals surface area (Å²) < 4.78 is 5.67. The summed E-state index contributed by atoms with van der Waals surface area (Å²) in [5, 5.41) is 9.14. The number of rotatable bonds is 5. The molecule has 0 atom stereocenters. The molecule has 8 heteroatoms. The maximum Gasteiger partial charge on any atom is 0.301 e. The van der Waals surface area contributed by atoms with Crippen LogP contribution in [0.1, 0.15) is 12.8 Å². The fourth-order valence-corrected chi connectivity index (χ4v) is 2.95. The first-order valence-electron chi connectivity index (χ1n) is 8.91. The lowest BCUT2D eigenvalue weighted by Gasteiger charge is -2.20. The Bertz CT molecular complexity index is 905. The number of carbonyl (C=O) groups is 1. The van der Waals surface area contributed by atoms with E-state index in [0.717, 1.165) is 25.9 Å². The number of nitrogens with zero attached hydrogens (tertiary/aromatic N) is 3. The highest BCUT2D eigenvalue weighted by Crippen LogP contribution is 2.24. The zero-order chi connectivity index (χ0) is 18.5. The van der Waals surface area contributed by atoms with Crippen LogP contribution in [0.3, 0.4) is 0 Å². The molecular formula is C19H20N6O2. The zero-order valence-electron chi connectivity index (χ0n) is 14.7. The molecule has 8 nitrogen and oxygen atoms in total. The smallest absolute Gasteiger partial charge is 0.301 e. The summed E-state index contributed by atoms with van der Waals surface area (Å²) >= 11 is 0. The number of carbonyl (C=O) groups excluding carboxylic acids is 1. The molecule has 3 aromatic heterocycles. The number of anilines is 3. The van der Waals surface area contributed by atoms with Crippen molar-refractivity contribution >= 4 is 23.6 Å². The molecule has 0 spiro atoms. The Morgan fingerprint density at radius 3 is 2.74 bits per heavy atom. The standard InChI is InChI=1S/C19H20N6O2/c26-18(13-7-10-20-11-8-13)25-19-22-12-15(27-19)14-4-3-6-17(23-14)24-16-5-1-2-9-21-16/h1-6,9,12-13,20H,7-8,10-11H2,(H,21,23,24)(H,22,25,26). The fourth-order valence-electron chi connectivity index (χ4n) is 2.95. The molecule has 0 saturated carbocycles. The van der Waals surface area contributed by atoms with Crippen molar-refractivity contribution in [2.75, 3.05) is 23.7 Å². The van der Waals surface area contributed by atoms with Gasteiger partial charge in [0, 0.05) is 12.1 Å². The minimum absolute atomic E-state index is 0.00868. The van der Waals surface area contributed by atoms with Crippen LogP contribution in [-0.4, -0.2) is 33.9 Å².